The Morgan fingerprint density at radius 3 is 2.47 bits per heavy atom. The Morgan fingerprint density at radius 2 is 1.84 bits per heavy atom. The summed E-state index contributed by atoms with van der Waals surface area (Å²) in [5.41, 5.74) is 2.69. The number of anilines is 1. The third-order valence-electron chi connectivity index (χ3n) is 7.42. The first kappa shape index (κ1) is 26.6. The molecule has 1 N–H and O–H groups in total. The highest BCUT2D eigenvalue weighted by Gasteiger charge is 2.47. The smallest absolute Gasteiger partial charge is 0.415 e. The predicted molar refractivity (Wildman–Crippen MR) is 154 cm³/mol. The minimum absolute atomic E-state index is 0.189. The first-order chi connectivity index (χ1) is 18.4. The summed E-state index contributed by atoms with van der Waals surface area (Å²) in [7, 11) is 1.70. The number of likely N-dealkylation sites (tertiary alicyclic amines) is 1. The summed E-state index contributed by atoms with van der Waals surface area (Å²) in [6.45, 7) is 5.41. The van der Waals surface area contributed by atoms with Crippen LogP contribution < -0.4 is 14.4 Å². The largest absolute Gasteiger partial charge is 0.496 e. The number of amides is 1. The van der Waals surface area contributed by atoms with Crippen molar-refractivity contribution < 1.29 is 28.9 Å². The molecule has 2 saturated heterocycles. The molecule has 2 aliphatic rings. The lowest BCUT2D eigenvalue weighted by molar-refractivity contribution is -0.000987. The van der Waals surface area contributed by atoms with E-state index < -0.39 is 11.6 Å². The summed E-state index contributed by atoms with van der Waals surface area (Å²) in [6, 6.07) is 14.8. The Kier molecular flexibility index (Phi) is 7.67. The second-order valence-electron chi connectivity index (χ2n) is 9.78. The zero-order chi connectivity index (χ0) is 26.9. The number of alkyl halides is 1. The number of aromatic carboxylic acids is 1. The van der Waals surface area contributed by atoms with Crippen molar-refractivity contribution in [1.29, 1.82) is 0 Å². The van der Waals surface area contributed by atoms with Gasteiger partial charge in [-0.3, -0.25) is 9.80 Å². The average molecular weight is 630 g/mol. The van der Waals surface area contributed by atoms with Crippen molar-refractivity contribution in [3.63, 3.8) is 0 Å². The molecular formula is C29H31IN2O6. The number of piperidine rings is 1. The Labute approximate surface area is 235 Å². The molecule has 0 radical (unpaired) electrons. The van der Waals surface area contributed by atoms with Crippen LogP contribution in [0.1, 0.15) is 41.3 Å². The summed E-state index contributed by atoms with van der Waals surface area (Å²) in [4.78, 5) is 27.9. The lowest BCUT2D eigenvalue weighted by Crippen LogP contribution is -2.46. The van der Waals surface area contributed by atoms with Gasteiger partial charge in [-0.15, -0.1) is 0 Å². The van der Waals surface area contributed by atoms with E-state index >= 15 is 0 Å². The molecule has 3 aromatic carbocycles. The maximum Gasteiger partial charge on any atom is 0.415 e. The number of ether oxygens (including phenoxy) is 3. The molecule has 2 fully saturated rings. The molecule has 0 aromatic heterocycles. The number of fused-ring (bicyclic) bond motifs is 1. The number of carboxylic acids is 1. The molecule has 1 amide bonds. The van der Waals surface area contributed by atoms with Gasteiger partial charge in [-0.25, -0.2) is 9.59 Å². The number of halogens is 1. The van der Waals surface area contributed by atoms with Gasteiger partial charge in [-0.05, 0) is 60.5 Å². The van der Waals surface area contributed by atoms with Gasteiger partial charge in [0.25, 0.3) is 0 Å². The topological polar surface area (TPSA) is 88.5 Å². The number of benzene rings is 3. The molecule has 2 heterocycles. The number of nitrogens with zero attached hydrogens (tertiary/aromatic N) is 2. The zero-order valence-corrected chi connectivity index (χ0v) is 23.7. The lowest BCUT2D eigenvalue weighted by atomic mass is 9.90. The van der Waals surface area contributed by atoms with Crippen molar-refractivity contribution in [2.45, 2.75) is 36.3 Å². The Balaban J connectivity index is 1.30. The fourth-order valence-electron chi connectivity index (χ4n) is 5.44. The van der Waals surface area contributed by atoms with E-state index in [4.69, 9.17) is 19.3 Å². The van der Waals surface area contributed by atoms with Gasteiger partial charge >= 0.3 is 12.1 Å². The van der Waals surface area contributed by atoms with Gasteiger partial charge in [-0.1, -0.05) is 28.7 Å². The van der Waals surface area contributed by atoms with Gasteiger partial charge in [0.1, 0.15) is 17.1 Å². The SMILES string of the molecule is CCOc1cc(CN2CCC3(CC2)CN(c2ccc(C(=O)O)cc2)C(=O)O3)cc2c(OC)ccc(CI)c12. The van der Waals surface area contributed by atoms with E-state index in [-0.39, 0.29) is 11.7 Å². The molecule has 200 valence electrons. The monoisotopic (exact) mass is 630 g/mol. The van der Waals surface area contributed by atoms with Crippen LogP contribution in [-0.2, 0) is 15.7 Å². The van der Waals surface area contributed by atoms with Crippen LogP contribution in [0, 0.1) is 0 Å². The van der Waals surface area contributed by atoms with E-state index in [0.717, 1.165) is 64.7 Å². The first-order valence-corrected chi connectivity index (χ1v) is 14.3. The van der Waals surface area contributed by atoms with Crippen LogP contribution in [0.2, 0.25) is 0 Å². The molecular weight excluding hydrogens is 599 g/mol. The van der Waals surface area contributed by atoms with Crippen molar-refractivity contribution in [2.24, 2.45) is 0 Å². The van der Waals surface area contributed by atoms with Crippen molar-refractivity contribution in [1.82, 2.24) is 4.90 Å². The summed E-state index contributed by atoms with van der Waals surface area (Å²) >= 11 is 2.38. The van der Waals surface area contributed by atoms with E-state index in [1.807, 2.05) is 13.0 Å². The molecule has 5 rings (SSSR count). The highest BCUT2D eigenvalue weighted by atomic mass is 127. The van der Waals surface area contributed by atoms with Gasteiger partial charge in [-0.2, -0.15) is 0 Å². The minimum atomic E-state index is -0.993. The van der Waals surface area contributed by atoms with E-state index in [1.54, 1.807) is 24.1 Å². The van der Waals surface area contributed by atoms with Crippen LogP contribution >= 0.6 is 22.6 Å². The predicted octanol–water partition coefficient (Wildman–Crippen LogP) is 5.87. The van der Waals surface area contributed by atoms with Crippen LogP contribution in [0.15, 0.2) is 48.5 Å². The highest BCUT2D eigenvalue weighted by molar-refractivity contribution is 14.1. The normalized spacial score (nSPS) is 17.1. The van der Waals surface area contributed by atoms with Gasteiger partial charge < -0.3 is 19.3 Å². The van der Waals surface area contributed by atoms with E-state index in [2.05, 4.69) is 45.7 Å². The van der Waals surface area contributed by atoms with Crippen molar-refractivity contribution >= 4 is 51.1 Å². The van der Waals surface area contributed by atoms with Crippen LogP contribution in [0.4, 0.5) is 10.5 Å². The van der Waals surface area contributed by atoms with Crippen molar-refractivity contribution in [3.8, 4) is 11.5 Å². The number of hydrogen-bond donors (Lipinski definition) is 1. The molecule has 2 aliphatic heterocycles. The number of rotatable bonds is 8. The minimum Gasteiger partial charge on any atom is -0.496 e. The van der Waals surface area contributed by atoms with Crippen molar-refractivity contribution in [2.75, 3.05) is 38.3 Å². The Hall–Kier alpha value is -3.05. The maximum atomic E-state index is 12.7. The molecule has 0 bridgehead atoms. The zero-order valence-electron chi connectivity index (χ0n) is 21.5. The number of hydrogen-bond acceptors (Lipinski definition) is 6. The third-order valence-corrected chi connectivity index (χ3v) is 8.24. The lowest BCUT2D eigenvalue weighted by Gasteiger charge is -2.37. The molecule has 9 heteroatoms. The standard InChI is InChI=1S/C29H31IN2O6/c1-3-37-25-15-19(14-23-24(36-2)9-6-21(16-30)26(23)25)17-31-12-10-29(11-13-31)18-32(28(35)38-29)22-7-4-20(5-8-22)27(33)34/h4-9,14-15H,3,10-13,16-18H2,1-2H3,(H,33,34). The van der Waals surface area contributed by atoms with Crippen LogP contribution in [-0.4, -0.2) is 61.0 Å². The fraction of sp³-hybridized carbons (Fsp3) is 0.379. The van der Waals surface area contributed by atoms with Gasteiger partial charge in [0, 0.05) is 53.4 Å². The van der Waals surface area contributed by atoms with Crippen molar-refractivity contribution in [3.05, 3.63) is 65.2 Å². The first-order valence-electron chi connectivity index (χ1n) is 12.7. The second-order valence-corrected chi connectivity index (χ2v) is 10.5. The Morgan fingerprint density at radius 1 is 1.11 bits per heavy atom. The van der Waals surface area contributed by atoms with Crippen LogP contribution in [0.5, 0.6) is 11.5 Å². The van der Waals surface area contributed by atoms with Gasteiger partial charge in [0.05, 0.1) is 25.8 Å². The van der Waals surface area contributed by atoms with Crippen LogP contribution in [0.25, 0.3) is 10.8 Å². The van der Waals surface area contributed by atoms with Gasteiger partial charge in [0.2, 0.25) is 0 Å². The molecule has 3 aromatic rings. The molecule has 1 spiro atoms. The molecule has 0 saturated carbocycles. The second kappa shape index (κ2) is 11.0. The van der Waals surface area contributed by atoms with Crippen LogP contribution in [0.3, 0.4) is 0 Å². The molecule has 8 nitrogen and oxygen atoms in total. The Bertz CT molecular complexity index is 1350. The summed E-state index contributed by atoms with van der Waals surface area (Å²) < 4.78 is 18.6. The molecule has 0 atom stereocenters. The number of carbonyl (C=O) groups excluding carboxylic acids is 1. The molecule has 0 aliphatic carbocycles. The quantitative estimate of drug-likeness (QED) is 0.246. The maximum absolute atomic E-state index is 12.7. The number of carbonyl (C=O) groups is 2. The van der Waals surface area contributed by atoms with Gasteiger partial charge in [0.15, 0.2) is 0 Å². The summed E-state index contributed by atoms with van der Waals surface area (Å²) in [5.74, 6) is 0.727. The van der Waals surface area contributed by atoms with E-state index in [1.165, 1.54) is 17.7 Å². The third kappa shape index (κ3) is 5.13. The van der Waals surface area contributed by atoms with E-state index in [0.29, 0.717) is 18.8 Å². The number of carboxylic acid groups (broad SMARTS) is 1. The summed E-state index contributed by atoms with van der Waals surface area (Å²) in [5, 5.41) is 11.3. The molecule has 0 unspecified atom stereocenters. The molecule has 38 heavy (non-hydrogen) atoms. The van der Waals surface area contributed by atoms with E-state index in [9.17, 15) is 9.59 Å². The summed E-state index contributed by atoms with van der Waals surface area (Å²) in [6.07, 6.45) is 1.09. The fourth-order valence-corrected chi connectivity index (χ4v) is 6.08. The average Bonchev–Trinajstić information content (AvgIpc) is 3.25. The highest BCUT2D eigenvalue weighted by Crippen LogP contribution is 2.39. The number of methoxy groups -OCH3 is 1.